The number of anilines is 1. The summed E-state index contributed by atoms with van der Waals surface area (Å²) in [6, 6.07) is 5.55. The van der Waals surface area contributed by atoms with Gasteiger partial charge in [0.15, 0.2) is 0 Å². The van der Waals surface area contributed by atoms with E-state index in [0.717, 1.165) is 44.1 Å². The van der Waals surface area contributed by atoms with Gasteiger partial charge in [-0.25, -0.2) is 4.98 Å². The number of ether oxygens (including phenoxy) is 1. The predicted octanol–water partition coefficient (Wildman–Crippen LogP) is 2.52. The molecule has 1 N–H and O–H groups in total. The summed E-state index contributed by atoms with van der Waals surface area (Å²) in [5.41, 5.74) is 2.71. The van der Waals surface area contributed by atoms with Gasteiger partial charge in [0.05, 0.1) is 25.1 Å². The van der Waals surface area contributed by atoms with Gasteiger partial charge in [0, 0.05) is 36.5 Å². The van der Waals surface area contributed by atoms with Crippen LogP contribution in [0.1, 0.15) is 21.7 Å². The van der Waals surface area contributed by atoms with Crippen LogP contribution in [0.2, 0.25) is 5.02 Å². The Morgan fingerprint density at radius 3 is 2.75 bits per heavy atom. The molecule has 1 saturated heterocycles. The van der Waals surface area contributed by atoms with E-state index in [1.165, 1.54) is 6.20 Å². The number of amides is 1. The molecular formula is C17H19ClN4O2. The molecule has 1 aliphatic rings. The van der Waals surface area contributed by atoms with Crippen LogP contribution in [0.25, 0.3) is 0 Å². The first kappa shape index (κ1) is 16.8. The quantitative estimate of drug-likeness (QED) is 0.921. The summed E-state index contributed by atoms with van der Waals surface area (Å²) in [6.45, 7) is 5.91. The number of carbonyl (C=O) groups excluding carboxylic acids is 1. The first-order valence-corrected chi connectivity index (χ1v) is 8.18. The molecule has 3 rings (SSSR count). The second kappa shape index (κ2) is 7.70. The highest BCUT2D eigenvalue weighted by Crippen LogP contribution is 2.23. The normalized spacial score (nSPS) is 15.2. The molecule has 0 saturated carbocycles. The van der Waals surface area contributed by atoms with E-state index in [1.54, 1.807) is 12.3 Å². The Morgan fingerprint density at radius 1 is 1.29 bits per heavy atom. The van der Waals surface area contributed by atoms with Gasteiger partial charge in [-0.2, -0.15) is 0 Å². The summed E-state index contributed by atoms with van der Waals surface area (Å²) >= 11 is 6.36. The van der Waals surface area contributed by atoms with E-state index in [-0.39, 0.29) is 11.6 Å². The lowest BCUT2D eigenvalue weighted by molar-refractivity contribution is 0.0342. The van der Waals surface area contributed by atoms with Gasteiger partial charge in [0.25, 0.3) is 5.91 Å². The largest absolute Gasteiger partial charge is 0.379 e. The molecule has 1 amide bonds. The Kier molecular flexibility index (Phi) is 5.40. The number of halogens is 1. The number of hydrogen-bond donors (Lipinski definition) is 1. The fourth-order valence-corrected chi connectivity index (χ4v) is 2.70. The van der Waals surface area contributed by atoms with Gasteiger partial charge in [0.1, 0.15) is 5.69 Å². The van der Waals surface area contributed by atoms with E-state index in [0.29, 0.717) is 10.7 Å². The minimum absolute atomic E-state index is 0.272. The fourth-order valence-electron chi connectivity index (χ4n) is 2.46. The number of rotatable bonds is 4. The Labute approximate surface area is 145 Å². The van der Waals surface area contributed by atoms with Crippen LogP contribution in [0.4, 0.5) is 5.69 Å². The molecule has 0 unspecified atom stereocenters. The zero-order valence-electron chi connectivity index (χ0n) is 13.5. The molecule has 0 spiro atoms. The van der Waals surface area contributed by atoms with Crippen molar-refractivity contribution in [2.24, 2.45) is 0 Å². The van der Waals surface area contributed by atoms with Crippen LogP contribution >= 0.6 is 11.6 Å². The minimum atomic E-state index is -0.306. The van der Waals surface area contributed by atoms with Crippen LogP contribution in [0.3, 0.4) is 0 Å². The van der Waals surface area contributed by atoms with Crippen LogP contribution < -0.4 is 5.32 Å². The van der Waals surface area contributed by atoms with Gasteiger partial charge >= 0.3 is 0 Å². The van der Waals surface area contributed by atoms with E-state index >= 15 is 0 Å². The maximum atomic E-state index is 12.2. The summed E-state index contributed by atoms with van der Waals surface area (Å²) in [7, 11) is 0. The lowest BCUT2D eigenvalue weighted by Gasteiger charge is -2.27. The van der Waals surface area contributed by atoms with Crippen molar-refractivity contribution >= 4 is 23.2 Å². The smallest absolute Gasteiger partial charge is 0.275 e. The van der Waals surface area contributed by atoms with Gasteiger partial charge < -0.3 is 10.1 Å². The summed E-state index contributed by atoms with van der Waals surface area (Å²) in [4.78, 5) is 22.6. The third kappa shape index (κ3) is 4.29. The van der Waals surface area contributed by atoms with Crippen molar-refractivity contribution in [1.82, 2.24) is 14.9 Å². The summed E-state index contributed by atoms with van der Waals surface area (Å²) in [5.74, 6) is -0.306. The standard InChI is InChI=1S/C17H19ClN4O2/c1-12-9-20-16(10-19-12)17(23)21-14-3-2-13(15(18)8-14)11-22-4-6-24-7-5-22/h2-3,8-10H,4-7,11H2,1H3,(H,21,23). The molecule has 0 aliphatic carbocycles. The maximum Gasteiger partial charge on any atom is 0.275 e. The van der Waals surface area contributed by atoms with Gasteiger partial charge in [-0.1, -0.05) is 17.7 Å². The third-order valence-corrected chi connectivity index (χ3v) is 4.17. The number of aryl methyl sites for hydroxylation is 1. The average molecular weight is 347 g/mol. The van der Waals surface area contributed by atoms with Crippen molar-refractivity contribution in [3.63, 3.8) is 0 Å². The van der Waals surface area contributed by atoms with Gasteiger partial charge in [-0.3, -0.25) is 14.7 Å². The van der Waals surface area contributed by atoms with Crippen molar-refractivity contribution < 1.29 is 9.53 Å². The van der Waals surface area contributed by atoms with E-state index in [2.05, 4.69) is 20.2 Å². The Balaban J connectivity index is 1.65. The molecule has 1 aromatic carbocycles. The number of nitrogens with one attached hydrogen (secondary N) is 1. The van der Waals surface area contributed by atoms with Gasteiger partial charge in [-0.15, -0.1) is 0 Å². The zero-order valence-corrected chi connectivity index (χ0v) is 14.2. The number of aromatic nitrogens is 2. The zero-order chi connectivity index (χ0) is 16.9. The molecule has 1 fully saturated rings. The van der Waals surface area contributed by atoms with Crippen molar-refractivity contribution in [1.29, 1.82) is 0 Å². The number of benzene rings is 1. The molecule has 0 atom stereocenters. The first-order valence-electron chi connectivity index (χ1n) is 7.80. The third-order valence-electron chi connectivity index (χ3n) is 3.82. The molecule has 6 nitrogen and oxygen atoms in total. The number of morpholine rings is 1. The topological polar surface area (TPSA) is 67.4 Å². The Bertz CT molecular complexity index is 715. The van der Waals surface area contributed by atoms with Crippen LogP contribution in [-0.4, -0.2) is 47.1 Å². The number of carbonyl (C=O) groups is 1. The van der Waals surface area contributed by atoms with Crippen molar-refractivity contribution in [2.45, 2.75) is 13.5 Å². The second-order valence-electron chi connectivity index (χ2n) is 5.69. The average Bonchev–Trinajstić information content (AvgIpc) is 2.59. The molecule has 7 heteroatoms. The minimum Gasteiger partial charge on any atom is -0.379 e. The SMILES string of the molecule is Cc1cnc(C(=O)Nc2ccc(CN3CCOCC3)c(Cl)c2)cn1. The van der Waals surface area contributed by atoms with Crippen LogP contribution in [0.5, 0.6) is 0 Å². The maximum absolute atomic E-state index is 12.2. The highest BCUT2D eigenvalue weighted by Gasteiger charge is 2.14. The van der Waals surface area contributed by atoms with E-state index in [9.17, 15) is 4.79 Å². The van der Waals surface area contributed by atoms with Crippen LogP contribution in [-0.2, 0) is 11.3 Å². The highest BCUT2D eigenvalue weighted by molar-refractivity contribution is 6.31. The molecule has 0 bridgehead atoms. The summed E-state index contributed by atoms with van der Waals surface area (Å²) < 4.78 is 5.35. The van der Waals surface area contributed by atoms with Gasteiger partial charge in [0.2, 0.25) is 0 Å². The molecule has 1 aromatic heterocycles. The van der Waals surface area contributed by atoms with E-state index in [4.69, 9.17) is 16.3 Å². The van der Waals surface area contributed by atoms with Gasteiger partial charge in [-0.05, 0) is 24.6 Å². The lowest BCUT2D eigenvalue weighted by atomic mass is 10.2. The fraction of sp³-hybridized carbons (Fsp3) is 0.353. The molecule has 2 heterocycles. The first-order chi connectivity index (χ1) is 11.6. The molecule has 1 aliphatic heterocycles. The summed E-state index contributed by atoms with van der Waals surface area (Å²) in [6.07, 6.45) is 3.02. The van der Waals surface area contributed by atoms with E-state index in [1.807, 2.05) is 19.1 Å². The molecule has 2 aromatic rings. The summed E-state index contributed by atoms with van der Waals surface area (Å²) in [5, 5.41) is 3.42. The Morgan fingerprint density at radius 2 is 2.08 bits per heavy atom. The molecular weight excluding hydrogens is 328 g/mol. The highest BCUT2D eigenvalue weighted by atomic mass is 35.5. The Hall–Kier alpha value is -2.02. The lowest BCUT2D eigenvalue weighted by Crippen LogP contribution is -2.35. The molecule has 24 heavy (non-hydrogen) atoms. The number of nitrogens with zero attached hydrogens (tertiary/aromatic N) is 3. The predicted molar refractivity (Wildman–Crippen MR) is 92.3 cm³/mol. The van der Waals surface area contributed by atoms with Crippen LogP contribution in [0.15, 0.2) is 30.6 Å². The van der Waals surface area contributed by atoms with Crippen molar-refractivity contribution in [3.8, 4) is 0 Å². The monoisotopic (exact) mass is 346 g/mol. The molecule has 0 radical (unpaired) electrons. The molecule has 126 valence electrons. The number of hydrogen-bond acceptors (Lipinski definition) is 5. The van der Waals surface area contributed by atoms with E-state index < -0.39 is 0 Å². The van der Waals surface area contributed by atoms with Crippen LogP contribution in [0, 0.1) is 6.92 Å². The van der Waals surface area contributed by atoms with Crippen molar-refractivity contribution in [2.75, 3.05) is 31.6 Å². The van der Waals surface area contributed by atoms with Crippen molar-refractivity contribution in [3.05, 3.63) is 52.6 Å². The second-order valence-corrected chi connectivity index (χ2v) is 6.10.